The molecule has 0 saturated carbocycles. The largest absolute Gasteiger partial charge is 0.855 e. The molecular weight excluding hydrogens is 417 g/mol. The zero-order chi connectivity index (χ0) is 15.8. The molecule has 1 radical (unpaired) electrons. The summed E-state index contributed by atoms with van der Waals surface area (Å²) in [4.78, 5) is 3.26. The van der Waals surface area contributed by atoms with Crippen molar-refractivity contribution in [2.24, 2.45) is 0 Å². The van der Waals surface area contributed by atoms with Gasteiger partial charge in [0.05, 0.1) is 0 Å². The zero-order valence-corrected chi connectivity index (χ0v) is 16.8. The molecule has 0 aliphatic rings. The van der Waals surface area contributed by atoms with E-state index in [1.165, 1.54) is 0 Å². The number of hydrogen-bond acceptors (Lipinski definition) is 6. The van der Waals surface area contributed by atoms with E-state index in [1.807, 2.05) is 0 Å². The van der Waals surface area contributed by atoms with Crippen LogP contribution in [0, 0.1) is 0 Å². The van der Waals surface area contributed by atoms with Crippen molar-refractivity contribution in [1.82, 2.24) is 9.80 Å². The molecule has 6 nitrogen and oxygen atoms in total. The molecule has 0 N–H and O–H groups in total. The van der Waals surface area contributed by atoms with Gasteiger partial charge < -0.3 is 30.2 Å². The normalized spacial score (nSPS) is 9.16. The van der Waals surface area contributed by atoms with Gasteiger partial charge in [0.1, 0.15) is 0 Å². The van der Waals surface area contributed by atoms with Crippen LogP contribution >= 0.6 is 0 Å². The Morgan fingerprint density at radius 3 is 0.842 bits per heavy atom. The molecule has 19 heavy (non-hydrogen) atoms. The molecule has 0 amide bonds. The number of nitrogens with zero attached hydrogens (tertiary/aromatic N) is 2. The fraction of sp³-hybridized carbons (Fsp3) is 1.00. The fourth-order valence-corrected chi connectivity index (χ4v) is 0.400. The molecule has 0 fully saturated rings. The van der Waals surface area contributed by atoms with E-state index >= 15 is 0 Å². The maximum Gasteiger partial charge on any atom is 0 e. The first-order valence-corrected chi connectivity index (χ1v) is 5.93. The van der Waals surface area contributed by atoms with E-state index in [-0.39, 0.29) is 42.2 Å². The Bertz CT molecular complexity index is 122. The summed E-state index contributed by atoms with van der Waals surface area (Å²) in [6.45, 7) is 6.34. The Labute approximate surface area is 134 Å². The molecular formula is C12H30N2O4Ta-4. The minimum absolute atomic E-state index is 0. The van der Waals surface area contributed by atoms with E-state index in [9.17, 15) is 5.11 Å². The number of rotatable bonds is 2. The molecule has 7 heteroatoms. The minimum atomic E-state index is -1.08. The maximum atomic E-state index is 11.4. The van der Waals surface area contributed by atoms with E-state index in [0.29, 0.717) is 0 Å². The van der Waals surface area contributed by atoms with Crippen LogP contribution in [0.25, 0.3) is 0 Å². The Hall–Kier alpha value is 0.500. The molecule has 0 saturated heterocycles. The monoisotopic (exact) mass is 447 g/mol. The summed E-state index contributed by atoms with van der Waals surface area (Å²) in [5, 5.41) is 38.1. The van der Waals surface area contributed by atoms with Gasteiger partial charge in [-0.2, -0.15) is 0 Å². The van der Waals surface area contributed by atoms with Gasteiger partial charge in [-0.3, -0.25) is 0 Å². The second-order valence-electron chi connectivity index (χ2n) is 3.59. The van der Waals surface area contributed by atoms with E-state index in [1.54, 1.807) is 65.7 Å². The van der Waals surface area contributed by atoms with Crippen LogP contribution in [-0.4, -0.2) is 63.7 Å². The maximum absolute atomic E-state index is 11.4. The van der Waals surface area contributed by atoms with Crippen LogP contribution in [0.1, 0.15) is 27.7 Å². The molecule has 0 bridgehead atoms. The average molecular weight is 447 g/mol. The first kappa shape index (κ1) is 31.7. The van der Waals surface area contributed by atoms with E-state index < -0.39 is 5.85 Å². The third-order valence-corrected chi connectivity index (χ3v) is 1.66. The predicted octanol–water partition coefficient (Wildman–Crippen LogP) is -2.76. The van der Waals surface area contributed by atoms with Gasteiger partial charge in [0.15, 0.2) is 0 Å². The van der Waals surface area contributed by atoms with Gasteiger partial charge in [0, 0.05) is 22.4 Å². The summed E-state index contributed by atoms with van der Waals surface area (Å²) >= 11 is 0. The van der Waals surface area contributed by atoms with Crippen molar-refractivity contribution < 1.29 is 42.8 Å². The van der Waals surface area contributed by atoms with E-state index in [0.717, 1.165) is 0 Å². The summed E-state index contributed by atoms with van der Waals surface area (Å²) < 4.78 is 0. The van der Waals surface area contributed by atoms with Crippen molar-refractivity contribution in [3.63, 3.8) is 0 Å². The molecule has 0 atom stereocenters. The fourth-order valence-electron chi connectivity index (χ4n) is 0.400. The zero-order valence-electron chi connectivity index (χ0n) is 13.6. The standard InChI is InChI=1S/C6H15N2O.3C2H5O.Ta/c1-6(9,7(2)3)8(4)5;3*1-2-3;/h1-5H3;3*2H2,1H3;/q4*-1;. The summed E-state index contributed by atoms with van der Waals surface area (Å²) in [5.74, 6) is -1.08. The topological polar surface area (TPSA) is 98.7 Å². The molecule has 0 aromatic heterocycles. The van der Waals surface area contributed by atoms with Crippen LogP contribution in [0.2, 0.25) is 0 Å². The Morgan fingerprint density at radius 2 is 0.842 bits per heavy atom. The molecule has 0 aromatic carbocycles. The van der Waals surface area contributed by atoms with Crippen LogP contribution in [0.15, 0.2) is 0 Å². The van der Waals surface area contributed by atoms with Crippen LogP contribution in [0.3, 0.4) is 0 Å². The molecule has 0 aliphatic carbocycles. The Kier molecular flexibility index (Phi) is 39.4. The first-order valence-electron chi connectivity index (χ1n) is 5.93. The van der Waals surface area contributed by atoms with Crippen molar-refractivity contribution in [1.29, 1.82) is 0 Å². The molecule has 0 heterocycles. The SMILES string of the molecule is CC[O-].CC[O-].CC[O-].CN(C)C(C)([O-])N(C)C.[Ta]. The van der Waals surface area contributed by atoms with Gasteiger partial charge >= 0.3 is 0 Å². The Morgan fingerprint density at radius 1 is 0.737 bits per heavy atom. The summed E-state index contributed by atoms with van der Waals surface area (Å²) in [6, 6.07) is 0. The van der Waals surface area contributed by atoms with Crippen LogP contribution in [0.5, 0.6) is 0 Å². The third-order valence-electron chi connectivity index (χ3n) is 1.66. The second kappa shape index (κ2) is 23.6. The quantitative estimate of drug-likeness (QED) is 0.426. The summed E-state index contributed by atoms with van der Waals surface area (Å²) in [5.41, 5.74) is 0. The Balaban J connectivity index is -0.0000000548. The molecule has 121 valence electrons. The van der Waals surface area contributed by atoms with Crippen LogP contribution in [-0.2, 0) is 22.4 Å². The van der Waals surface area contributed by atoms with Crippen molar-refractivity contribution >= 4 is 0 Å². The average Bonchev–Trinajstić information content (AvgIpc) is 2.20. The van der Waals surface area contributed by atoms with Crippen LogP contribution < -0.4 is 20.4 Å². The summed E-state index contributed by atoms with van der Waals surface area (Å²) in [7, 11) is 7.08. The number of hydrogen-bond donors (Lipinski definition) is 0. The van der Waals surface area contributed by atoms with Crippen molar-refractivity contribution in [2.75, 3.05) is 48.0 Å². The van der Waals surface area contributed by atoms with Crippen molar-refractivity contribution in [2.45, 2.75) is 33.5 Å². The van der Waals surface area contributed by atoms with Gasteiger partial charge in [0.25, 0.3) is 0 Å². The molecule has 0 spiro atoms. The molecule has 0 unspecified atom stereocenters. The summed E-state index contributed by atoms with van der Waals surface area (Å²) in [6.07, 6.45) is 0. The molecule has 0 aliphatic heterocycles. The van der Waals surface area contributed by atoms with Crippen molar-refractivity contribution in [3.05, 3.63) is 0 Å². The third kappa shape index (κ3) is 32.2. The van der Waals surface area contributed by atoms with Gasteiger partial charge in [-0.05, 0) is 41.0 Å². The molecule has 0 rings (SSSR count). The van der Waals surface area contributed by atoms with Gasteiger partial charge in [-0.25, -0.2) is 0 Å². The van der Waals surface area contributed by atoms with Gasteiger partial charge in [-0.1, -0.05) is 20.8 Å². The van der Waals surface area contributed by atoms with Crippen LogP contribution in [0.4, 0.5) is 0 Å². The predicted molar refractivity (Wildman–Crippen MR) is 67.4 cm³/mol. The molecule has 0 aromatic rings. The van der Waals surface area contributed by atoms with E-state index in [4.69, 9.17) is 15.3 Å². The van der Waals surface area contributed by atoms with Gasteiger partial charge in [-0.15, -0.1) is 19.8 Å². The smallest absolute Gasteiger partial charge is 0 e. The minimum Gasteiger partial charge on any atom is -0.855 e. The van der Waals surface area contributed by atoms with Crippen molar-refractivity contribution in [3.8, 4) is 0 Å². The second-order valence-corrected chi connectivity index (χ2v) is 3.59. The first-order chi connectivity index (χ1) is 8.13. The van der Waals surface area contributed by atoms with E-state index in [2.05, 4.69) is 0 Å². The van der Waals surface area contributed by atoms with Gasteiger partial charge in [0.2, 0.25) is 0 Å².